The molecule has 1 saturated carbocycles. The van der Waals surface area contributed by atoms with E-state index in [4.69, 9.17) is 14.2 Å². The van der Waals surface area contributed by atoms with E-state index in [1.54, 1.807) is 27.4 Å². The molecular weight excluding hydrogens is 444 g/mol. The molecule has 2 aliphatic rings. The number of methoxy groups -OCH3 is 3. The molecule has 0 aromatic heterocycles. The minimum absolute atomic E-state index is 0.0812. The van der Waals surface area contributed by atoms with Crippen molar-refractivity contribution in [2.24, 2.45) is 5.92 Å². The highest BCUT2D eigenvalue weighted by Crippen LogP contribution is 2.50. The van der Waals surface area contributed by atoms with Crippen LogP contribution in [-0.2, 0) is 11.2 Å². The molecule has 1 fully saturated rings. The predicted octanol–water partition coefficient (Wildman–Crippen LogP) is 4.85. The normalized spacial score (nSPS) is 21.1. The average Bonchev–Trinajstić information content (AvgIpc) is 3.08. The molecule has 7 nitrogen and oxygen atoms in total. The summed E-state index contributed by atoms with van der Waals surface area (Å²) in [5.74, 6) is 2.01. The first-order valence-electron chi connectivity index (χ1n) is 12.4. The van der Waals surface area contributed by atoms with Gasteiger partial charge in [0.25, 0.3) is 0 Å². The van der Waals surface area contributed by atoms with E-state index in [2.05, 4.69) is 17.6 Å². The van der Waals surface area contributed by atoms with Crippen molar-refractivity contribution in [1.82, 2.24) is 5.32 Å². The first kappa shape index (κ1) is 24.9. The number of anilines is 1. The van der Waals surface area contributed by atoms with Crippen molar-refractivity contribution < 1.29 is 19.0 Å². The molecule has 0 heterocycles. The van der Waals surface area contributed by atoms with Gasteiger partial charge in [0.15, 0.2) is 11.5 Å². The Kier molecular flexibility index (Phi) is 7.53. The van der Waals surface area contributed by atoms with Crippen molar-refractivity contribution in [2.45, 2.75) is 64.5 Å². The summed E-state index contributed by atoms with van der Waals surface area (Å²) >= 11 is 0. The summed E-state index contributed by atoms with van der Waals surface area (Å²) in [5, 5.41) is 6.59. The van der Waals surface area contributed by atoms with Crippen LogP contribution in [0.2, 0.25) is 0 Å². The zero-order valence-corrected chi connectivity index (χ0v) is 21.3. The van der Waals surface area contributed by atoms with Gasteiger partial charge in [0.1, 0.15) is 0 Å². The van der Waals surface area contributed by atoms with E-state index in [-0.39, 0.29) is 23.4 Å². The highest BCUT2D eigenvalue weighted by molar-refractivity contribution is 5.83. The van der Waals surface area contributed by atoms with E-state index in [0.717, 1.165) is 35.1 Å². The van der Waals surface area contributed by atoms with E-state index in [1.807, 2.05) is 18.2 Å². The Hall–Kier alpha value is -3.22. The molecule has 2 aromatic rings. The first-order chi connectivity index (χ1) is 16.9. The molecule has 2 aromatic carbocycles. The molecular formula is C28H36N2O5. The van der Waals surface area contributed by atoms with Crippen LogP contribution in [0.3, 0.4) is 0 Å². The lowest BCUT2D eigenvalue weighted by molar-refractivity contribution is -0.119. The fourth-order valence-corrected chi connectivity index (χ4v) is 5.56. The zero-order valence-electron chi connectivity index (χ0n) is 21.3. The Labute approximate surface area is 207 Å². The summed E-state index contributed by atoms with van der Waals surface area (Å²) in [4.78, 5) is 25.5. The van der Waals surface area contributed by atoms with Gasteiger partial charge in [0, 0.05) is 18.5 Å². The predicted molar refractivity (Wildman–Crippen MR) is 138 cm³/mol. The number of aryl methyl sites for hydroxylation is 1. The van der Waals surface area contributed by atoms with Gasteiger partial charge < -0.3 is 24.8 Å². The summed E-state index contributed by atoms with van der Waals surface area (Å²) < 4.78 is 17.1. The van der Waals surface area contributed by atoms with Crippen molar-refractivity contribution in [3.8, 4) is 28.4 Å². The number of amides is 1. The van der Waals surface area contributed by atoms with Crippen LogP contribution in [0, 0.1) is 5.92 Å². The molecule has 3 atom stereocenters. The Morgan fingerprint density at radius 2 is 1.71 bits per heavy atom. The van der Waals surface area contributed by atoms with Crippen LogP contribution < -0.4 is 30.3 Å². The lowest BCUT2D eigenvalue weighted by Gasteiger charge is -2.29. The van der Waals surface area contributed by atoms with E-state index < -0.39 is 0 Å². The van der Waals surface area contributed by atoms with Gasteiger partial charge in [-0.2, -0.15) is 0 Å². The second-order valence-corrected chi connectivity index (χ2v) is 9.61. The molecule has 35 heavy (non-hydrogen) atoms. The van der Waals surface area contributed by atoms with Gasteiger partial charge in [-0.15, -0.1) is 0 Å². The van der Waals surface area contributed by atoms with Gasteiger partial charge in [0.05, 0.1) is 33.1 Å². The van der Waals surface area contributed by atoms with Gasteiger partial charge in [-0.25, -0.2) is 0 Å². The number of carbonyl (C=O) groups excluding carboxylic acids is 1. The molecule has 2 unspecified atom stereocenters. The van der Waals surface area contributed by atoms with Gasteiger partial charge >= 0.3 is 0 Å². The van der Waals surface area contributed by atoms with Gasteiger partial charge in [-0.05, 0) is 66.5 Å². The number of benzene rings is 1. The second-order valence-electron chi connectivity index (χ2n) is 9.61. The monoisotopic (exact) mass is 480 g/mol. The van der Waals surface area contributed by atoms with Crippen molar-refractivity contribution >= 4 is 11.6 Å². The zero-order chi connectivity index (χ0) is 25.1. The number of carbonyl (C=O) groups is 1. The largest absolute Gasteiger partial charge is 0.493 e. The van der Waals surface area contributed by atoms with Crippen molar-refractivity contribution in [3.05, 3.63) is 45.6 Å². The Morgan fingerprint density at radius 3 is 2.37 bits per heavy atom. The third kappa shape index (κ3) is 4.95. The van der Waals surface area contributed by atoms with E-state index in [0.29, 0.717) is 41.7 Å². The average molecular weight is 481 g/mol. The van der Waals surface area contributed by atoms with Crippen LogP contribution in [0.4, 0.5) is 5.69 Å². The third-order valence-corrected chi connectivity index (χ3v) is 7.37. The number of hydrogen-bond donors (Lipinski definition) is 2. The maximum atomic E-state index is 13.5. The molecule has 2 N–H and O–H groups in total. The highest BCUT2D eigenvalue weighted by atomic mass is 16.5. The quantitative estimate of drug-likeness (QED) is 0.615. The Morgan fingerprint density at radius 1 is 0.971 bits per heavy atom. The topological polar surface area (TPSA) is 85.9 Å². The Bertz CT molecular complexity index is 1160. The SMILES string of the molecule is COc1cc2c(c(OC)c1OC)-c1ccc(NC3CCCCC3C)c(=O)cc1[C@@H](NC(C)=O)CC2. The van der Waals surface area contributed by atoms with Gasteiger partial charge in [-0.1, -0.05) is 25.8 Å². The second kappa shape index (κ2) is 10.6. The van der Waals surface area contributed by atoms with Crippen LogP contribution in [0.5, 0.6) is 17.2 Å². The minimum Gasteiger partial charge on any atom is -0.493 e. The molecule has 0 radical (unpaired) electrons. The lowest BCUT2D eigenvalue weighted by atomic mass is 9.86. The van der Waals surface area contributed by atoms with E-state index >= 15 is 0 Å². The summed E-state index contributed by atoms with van der Waals surface area (Å²) in [6.07, 6.45) is 5.95. The van der Waals surface area contributed by atoms with Crippen LogP contribution in [-0.4, -0.2) is 33.3 Å². The fourth-order valence-electron chi connectivity index (χ4n) is 5.56. The lowest BCUT2D eigenvalue weighted by Crippen LogP contribution is -2.32. The smallest absolute Gasteiger partial charge is 0.217 e. The van der Waals surface area contributed by atoms with Crippen LogP contribution in [0.15, 0.2) is 29.1 Å². The molecule has 0 spiro atoms. The third-order valence-electron chi connectivity index (χ3n) is 7.37. The summed E-state index contributed by atoms with van der Waals surface area (Å²) in [6.45, 7) is 3.75. The first-order valence-corrected chi connectivity index (χ1v) is 12.4. The number of fused-ring (bicyclic) bond motifs is 3. The maximum Gasteiger partial charge on any atom is 0.217 e. The molecule has 7 heteroatoms. The van der Waals surface area contributed by atoms with Crippen molar-refractivity contribution in [1.29, 1.82) is 0 Å². The van der Waals surface area contributed by atoms with Crippen molar-refractivity contribution in [2.75, 3.05) is 26.6 Å². The maximum absolute atomic E-state index is 13.5. The summed E-state index contributed by atoms with van der Waals surface area (Å²) in [5.41, 5.74) is 4.00. The van der Waals surface area contributed by atoms with Crippen LogP contribution in [0.25, 0.3) is 11.1 Å². The van der Waals surface area contributed by atoms with E-state index in [9.17, 15) is 9.59 Å². The summed E-state index contributed by atoms with van der Waals surface area (Å²) in [6, 6.07) is 7.45. The van der Waals surface area contributed by atoms with E-state index in [1.165, 1.54) is 19.8 Å². The minimum atomic E-state index is -0.307. The molecule has 188 valence electrons. The Balaban J connectivity index is 1.93. The van der Waals surface area contributed by atoms with Crippen molar-refractivity contribution in [3.63, 3.8) is 0 Å². The molecule has 2 aliphatic carbocycles. The fraction of sp³-hybridized carbons (Fsp3) is 0.500. The summed E-state index contributed by atoms with van der Waals surface area (Å²) in [7, 11) is 4.79. The molecule has 0 saturated heterocycles. The molecule has 1 amide bonds. The van der Waals surface area contributed by atoms with Gasteiger partial charge in [-0.3, -0.25) is 9.59 Å². The number of rotatable bonds is 6. The highest BCUT2D eigenvalue weighted by Gasteiger charge is 2.30. The van der Waals surface area contributed by atoms with Gasteiger partial charge in [0.2, 0.25) is 17.1 Å². The number of ether oxygens (including phenoxy) is 3. The number of hydrogen-bond acceptors (Lipinski definition) is 6. The molecule has 0 aliphatic heterocycles. The number of nitrogens with one attached hydrogen (secondary N) is 2. The molecule has 4 rings (SSSR count). The molecule has 0 bridgehead atoms. The standard InChI is InChI=1S/C28H36N2O5/c1-16-8-6-7-9-21(16)30-23-13-11-19-20(15-24(23)32)22(29-17(2)31)12-10-18-14-25(33-3)27(34-4)28(35-5)26(18)19/h11,13-16,21-22H,6-10,12H2,1-5H3,(H,29,31)(H,30,32)/t16?,21?,22-/m0/s1. The van der Waals surface area contributed by atoms with Crippen LogP contribution >= 0.6 is 0 Å². The van der Waals surface area contributed by atoms with Crippen LogP contribution in [0.1, 0.15) is 63.1 Å².